The molecule has 6 nitrogen and oxygen atoms in total. The molecule has 2 aliphatic rings. The average Bonchev–Trinajstić information content (AvgIpc) is 2.83. The molecule has 2 unspecified atom stereocenters. The number of aliphatic hydroxyl groups excluding tert-OH is 1. The molecule has 0 saturated carbocycles. The van der Waals surface area contributed by atoms with Gasteiger partial charge in [-0.25, -0.2) is 0 Å². The molecule has 0 bridgehead atoms. The summed E-state index contributed by atoms with van der Waals surface area (Å²) in [6, 6.07) is -0.383. The molecule has 0 aromatic heterocycles. The Balaban J connectivity index is 2.57. The van der Waals surface area contributed by atoms with E-state index in [-0.39, 0.29) is 40.9 Å². The summed E-state index contributed by atoms with van der Waals surface area (Å²) in [7, 11) is -3.49. The molecule has 9 heteroatoms. The Hall–Kier alpha value is 0.259. The first kappa shape index (κ1) is 25.5. The van der Waals surface area contributed by atoms with Gasteiger partial charge in [0.2, 0.25) is 0 Å². The van der Waals surface area contributed by atoms with Crippen molar-refractivity contribution in [3.63, 3.8) is 0 Å². The molecule has 0 aromatic rings. The van der Waals surface area contributed by atoms with Gasteiger partial charge in [0.05, 0.1) is 12.6 Å². The molecule has 0 amide bonds. The predicted molar refractivity (Wildman–Crippen MR) is 122 cm³/mol. The fraction of sp³-hybridized carbons (Fsp3) is 1.00. The summed E-state index contributed by atoms with van der Waals surface area (Å²) in [5.41, 5.74) is -0.197. The summed E-state index contributed by atoms with van der Waals surface area (Å²) in [4.78, 5) is 0. The van der Waals surface area contributed by atoms with Gasteiger partial charge in [0, 0.05) is 6.61 Å². The SMILES string of the molecule is BC1OC2CO[Si](C(C)C)(C(C)C)O[Si](C(C)C)(C(C)C)O[C@H]2[C@@]1(O)CCCO. The summed E-state index contributed by atoms with van der Waals surface area (Å²) >= 11 is 0. The third-order valence-corrected chi connectivity index (χ3v) is 17.2. The zero-order valence-electron chi connectivity index (χ0n) is 19.9. The minimum absolute atomic E-state index is 0.0348. The van der Waals surface area contributed by atoms with Crippen LogP contribution in [0, 0.1) is 0 Å². The van der Waals surface area contributed by atoms with Crippen LogP contribution in [-0.4, -0.2) is 72.2 Å². The van der Waals surface area contributed by atoms with E-state index in [9.17, 15) is 10.2 Å². The van der Waals surface area contributed by atoms with Gasteiger partial charge in [-0.2, -0.15) is 0 Å². The van der Waals surface area contributed by atoms with Gasteiger partial charge in [0.15, 0.2) is 0 Å². The van der Waals surface area contributed by atoms with E-state index in [0.717, 1.165) is 0 Å². The van der Waals surface area contributed by atoms with Gasteiger partial charge in [-0.3, -0.25) is 0 Å². The number of hydrogen-bond donors (Lipinski definition) is 2. The van der Waals surface area contributed by atoms with Gasteiger partial charge in [0.25, 0.3) is 0 Å². The summed E-state index contributed by atoms with van der Waals surface area (Å²) in [5.74, 6) is 0. The highest BCUT2D eigenvalue weighted by Crippen LogP contribution is 2.49. The van der Waals surface area contributed by atoms with Crippen LogP contribution < -0.4 is 0 Å². The van der Waals surface area contributed by atoms with Crippen molar-refractivity contribution in [3.8, 4) is 0 Å². The first-order chi connectivity index (χ1) is 13.4. The topological polar surface area (TPSA) is 77.4 Å². The van der Waals surface area contributed by atoms with Crippen LogP contribution in [0.2, 0.25) is 22.2 Å². The molecule has 2 rings (SSSR count). The van der Waals surface area contributed by atoms with Gasteiger partial charge in [-0.05, 0) is 35.0 Å². The van der Waals surface area contributed by atoms with Gasteiger partial charge < -0.3 is 27.9 Å². The zero-order chi connectivity index (χ0) is 22.2. The maximum atomic E-state index is 11.6. The lowest BCUT2D eigenvalue weighted by molar-refractivity contribution is -0.0756. The molecule has 0 aromatic carbocycles. The van der Waals surface area contributed by atoms with Crippen molar-refractivity contribution < 1.29 is 27.9 Å². The normalized spacial score (nSPS) is 34.6. The first-order valence-electron chi connectivity index (χ1n) is 11.4. The van der Waals surface area contributed by atoms with Gasteiger partial charge in [0.1, 0.15) is 25.7 Å². The summed E-state index contributed by atoms with van der Waals surface area (Å²) in [5, 5.41) is 21.0. The summed E-state index contributed by atoms with van der Waals surface area (Å²) in [6.07, 6.45) is 0.106. The third kappa shape index (κ3) is 4.44. The smallest absolute Gasteiger partial charge is 0.335 e. The Labute approximate surface area is 180 Å². The number of hydrogen-bond acceptors (Lipinski definition) is 6. The maximum absolute atomic E-state index is 11.6. The van der Waals surface area contributed by atoms with Crippen LogP contribution in [-0.2, 0) is 17.7 Å². The Kier molecular flexibility index (Phi) is 8.27. The van der Waals surface area contributed by atoms with Gasteiger partial charge >= 0.3 is 17.1 Å². The highest BCUT2D eigenvalue weighted by atomic mass is 28.5. The predicted octanol–water partition coefficient (Wildman–Crippen LogP) is 2.80. The molecule has 2 saturated heterocycles. The lowest BCUT2D eigenvalue weighted by Gasteiger charge is -2.52. The van der Waals surface area contributed by atoms with E-state index in [4.69, 9.17) is 17.7 Å². The van der Waals surface area contributed by atoms with E-state index in [1.54, 1.807) is 0 Å². The van der Waals surface area contributed by atoms with Crippen molar-refractivity contribution in [2.45, 2.75) is 114 Å². The summed E-state index contributed by atoms with van der Waals surface area (Å²) in [6.45, 7) is 17.9. The number of rotatable bonds is 7. The third-order valence-electron chi connectivity index (χ3n) is 6.97. The molecule has 4 atom stereocenters. The van der Waals surface area contributed by atoms with Crippen molar-refractivity contribution in [2.75, 3.05) is 13.2 Å². The molecule has 170 valence electrons. The second kappa shape index (κ2) is 9.40. The molecular weight excluding hydrogens is 403 g/mol. The molecule has 2 fully saturated rings. The molecule has 29 heavy (non-hydrogen) atoms. The van der Waals surface area contributed by atoms with E-state index < -0.39 is 28.8 Å². The van der Waals surface area contributed by atoms with Crippen molar-refractivity contribution in [1.82, 2.24) is 0 Å². The van der Waals surface area contributed by atoms with Crippen LogP contribution in [0.1, 0.15) is 68.2 Å². The van der Waals surface area contributed by atoms with Crippen molar-refractivity contribution in [2.24, 2.45) is 0 Å². The van der Waals surface area contributed by atoms with E-state index in [2.05, 4.69) is 55.4 Å². The Bertz CT molecular complexity index is 531. The molecule has 2 heterocycles. The van der Waals surface area contributed by atoms with E-state index in [0.29, 0.717) is 19.4 Å². The van der Waals surface area contributed by atoms with E-state index in [1.807, 2.05) is 7.85 Å². The number of fused-ring (bicyclic) bond motifs is 1. The van der Waals surface area contributed by atoms with Crippen LogP contribution in [0.5, 0.6) is 0 Å². The zero-order valence-corrected chi connectivity index (χ0v) is 21.9. The lowest BCUT2D eigenvalue weighted by Crippen LogP contribution is -2.67. The second-order valence-electron chi connectivity index (χ2n) is 10.1. The average molecular weight is 447 g/mol. The Morgan fingerprint density at radius 1 is 0.966 bits per heavy atom. The quantitative estimate of drug-likeness (QED) is 0.586. The Morgan fingerprint density at radius 3 is 1.93 bits per heavy atom. The maximum Gasteiger partial charge on any atom is 0.335 e. The number of aliphatic hydroxyl groups is 2. The highest BCUT2D eigenvalue weighted by Gasteiger charge is 2.64. The molecular formula is C20H43BO6Si2. The largest absolute Gasteiger partial charge is 0.414 e. The van der Waals surface area contributed by atoms with Crippen LogP contribution >= 0.6 is 0 Å². The fourth-order valence-corrected chi connectivity index (χ4v) is 16.4. The van der Waals surface area contributed by atoms with Gasteiger partial charge in [-0.15, -0.1) is 0 Å². The van der Waals surface area contributed by atoms with Crippen molar-refractivity contribution in [3.05, 3.63) is 0 Å². The minimum Gasteiger partial charge on any atom is -0.414 e. The second-order valence-corrected chi connectivity index (χ2v) is 19.0. The van der Waals surface area contributed by atoms with E-state index >= 15 is 0 Å². The van der Waals surface area contributed by atoms with Crippen molar-refractivity contribution >= 4 is 25.0 Å². The van der Waals surface area contributed by atoms with Crippen LogP contribution in [0.15, 0.2) is 0 Å². The van der Waals surface area contributed by atoms with Crippen LogP contribution in [0.3, 0.4) is 0 Å². The van der Waals surface area contributed by atoms with Crippen molar-refractivity contribution in [1.29, 1.82) is 0 Å². The minimum atomic E-state index is -2.79. The van der Waals surface area contributed by atoms with Crippen LogP contribution in [0.4, 0.5) is 0 Å². The summed E-state index contributed by atoms with van der Waals surface area (Å²) < 4.78 is 27.1. The Morgan fingerprint density at radius 2 is 1.48 bits per heavy atom. The molecule has 0 radical (unpaired) electrons. The van der Waals surface area contributed by atoms with E-state index in [1.165, 1.54) is 0 Å². The molecule has 0 aliphatic carbocycles. The molecule has 2 N–H and O–H groups in total. The fourth-order valence-electron chi connectivity index (χ4n) is 5.14. The molecule has 0 spiro atoms. The monoisotopic (exact) mass is 446 g/mol. The van der Waals surface area contributed by atoms with Crippen LogP contribution in [0.25, 0.3) is 0 Å². The first-order valence-corrected chi connectivity index (χ1v) is 15.3. The lowest BCUT2D eigenvalue weighted by atomic mass is 9.77. The standard InChI is InChI=1S/C20H43BO6Si2/c1-13(2)28(14(3)4)24-12-17-18(20(23,10-9-11-22)19(21)25-17)26-29(27-28,15(5)6)16(7)8/h13-19,22-23H,9-12,21H2,1-8H3/t17?,18-,19?,20+/m1/s1. The highest BCUT2D eigenvalue weighted by molar-refractivity contribution is 6.84. The molecule has 2 aliphatic heterocycles. The number of ether oxygens (including phenoxy) is 1. The van der Waals surface area contributed by atoms with Gasteiger partial charge in [-0.1, -0.05) is 55.4 Å².